The third-order valence-electron chi connectivity index (χ3n) is 7.67. The predicted octanol–water partition coefficient (Wildman–Crippen LogP) is 4.09. The SMILES string of the molecule is CC(C)Oc1nc(-c2ccc(NC(=O)Nc3ccc(N4CCN(C)CC4)cc3)cc2)nc(N2CC3CCC(C2)O3)n1. The molecule has 2 bridgehead atoms. The molecule has 3 saturated heterocycles. The Bertz CT molecular complexity index is 1330. The van der Waals surface area contributed by atoms with E-state index in [1.165, 1.54) is 5.69 Å². The summed E-state index contributed by atoms with van der Waals surface area (Å²) >= 11 is 0. The van der Waals surface area contributed by atoms with Crippen LogP contribution in [0.4, 0.5) is 27.8 Å². The molecule has 1 aromatic heterocycles. The van der Waals surface area contributed by atoms with Gasteiger partial charge in [-0.25, -0.2) is 4.79 Å². The van der Waals surface area contributed by atoms with E-state index in [9.17, 15) is 4.79 Å². The summed E-state index contributed by atoms with van der Waals surface area (Å²) in [5.41, 5.74) is 3.38. The Kier molecular flexibility index (Phi) is 7.89. The summed E-state index contributed by atoms with van der Waals surface area (Å²) in [6, 6.07) is 15.4. The maximum atomic E-state index is 12.7. The zero-order valence-corrected chi connectivity index (χ0v) is 23.9. The Morgan fingerprint density at radius 1 is 0.854 bits per heavy atom. The Morgan fingerprint density at radius 2 is 1.46 bits per heavy atom. The molecule has 11 nitrogen and oxygen atoms in total. The number of carbonyl (C=O) groups is 1. The molecule has 0 aliphatic carbocycles. The van der Waals surface area contributed by atoms with Crippen LogP contribution in [0.15, 0.2) is 48.5 Å². The zero-order chi connectivity index (χ0) is 28.3. The van der Waals surface area contributed by atoms with Crippen molar-refractivity contribution in [3.05, 3.63) is 48.5 Å². The molecule has 0 spiro atoms. The van der Waals surface area contributed by atoms with Crippen molar-refractivity contribution in [2.45, 2.75) is 45.0 Å². The van der Waals surface area contributed by atoms with Gasteiger partial charge in [-0.3, -0.25) is 0 Å². The molecule has 11 heteroatoms. The van der Waals surface area contributed by atoms with Crippen molar-refractivity contribution in [3.63, 3.8) is 0 Å². The lowest BCUT2D eigenvalue weighted by atomic mass is 10.2. The summed E-state index contributed by atoms with van der Waals surface area (Å²) in [4.78, 5) is 33.5. The van der Waals surface area contributed by atoms with E-state index in [-0.39, 0.29) is 24.3 Å². The smallest absolute Gasteiger partial charge is 0.323 e. The molecule has 2 aromatic carbocycles. The van der Waals surface area contributed by atoms with Gasteiger partial charge < -0.3 is 34.8 Å². The number of piperazine rings is 1. The number of nitrogens with zero attached hydrogens (tertiary/aromatic N) is 6. The second kappa shape index (κ2) is 11.9. The highest BCUT2D eigenvalue weighted by molar-refractivity contribution is 5.99. The normalized spacial score (nSPS) is 20.8. The molecule has 0 saturated carbocycles. The van der Waals surface area contributed by atoms with Crippen molar-refractivity contribution in [2.24, 2.45) is 0 Å². The molecule has 2 atom stereocenters. The van der Waals surface area contributed by atoms with Gasteiger partial charge >= 0.3 is 12.0 Å². The molecule has 4 heterocycles. The van der Waals surface area contributed by atoms with E-state index in [2.05, 4.69) is 54.5 Å². The Labute approximate surface area is 240 Å². The number of aromatic nitrogens is 3. The van der Waals surface area contributed by atoms with Crippen LogP contribution in [0.3, 0.4) is 0 Å². The molecular weight excluding hydrogens is 520 g/mol. The van der Waals surface area contributed by atoms with Gasteiger partial charge in [-0.15, -0.1) is 0 Å². The Morgan fingerprint density at radius 3 is 2.07 bits per heavy atom. The quantitative estimate of drug-likeness (QED) is 0.443. The number of urea groups is 1. The average Bonchev–Trinajstić information content (AvgIpc) is 3.30. The summed E-state index contributed by atoms with van der Waals surface area (Å²) in [5, 5.41) is 5.82. The topological polar surface area (TPSA) is 108 Å². The maximum absolute atomic E-state index is 12.7. The molecule has 3 fully saturated rings. The van der Waals surface area contributed by atoms with Crippen LogP contribution in [0.1, 0.15) is 26.7 Å². The highest BCUT2D eigenvalue weighted by Gasteiger charge is 2.35. The van der Waals surface area contributed by atoms with Gasteiger partial charge in [-0.1, -0.05) is 0 Å². The number of hydrogen-bond acceptors (Lipinski definition) is 9. The van der Waals surface area contributed by atoms with Crippen LogP contribution in [-0.4, -0.2) is 90.5 Å². The number of anilines is 4. The largest absolute Gasteiger partial charge is 0.461 e. The molecule has 2 amide bonds. The van der Waals surface area contributed by atoms with Gasteiger partial charge in [0.1, 0.15) is 0 Å². The number of amides is 2. The number of ether oxygens (including phenoxy) is 2. The van der Waals surface area contributed by atoms with E-state index in [4.69, 9.17) is 14.5 Å². The molecule has 3 aliphatic rings. The lowest BCUT2D eigenvalue weighted by molar-refractivity contribution is 0.0298. The summed E-state index contributed by atoms with van der Waals surface area (Å²) in [7, 11) is 2.15. The summed E-state index contributed by atoms with van der Waals surface area (Å²) in [6.07, 6.45) is 2.51. The molecule has 3 aliphatic heterocycles. The Balaban J connectivity index is 1.10. The number of nitrogens with one attached hydrogen (secondary N) is 2. The maximum Gasteiger partial charge on any atom is 0.323 e. The minimum Gasteiger partial charge on any atom is -0.461 e. The fourth-order valence-corrected chi connectivity index (χ4v) is 5.47. The van der Waals surface area contributed by atoms with Gasteiger partial charge in [0.05, 0.1) is 18.3 Å². The number of rotatable bonds is 7. The first-order valence-corrected chi connectivity index (χ1v) is 14.4. The van der Waals surface area contributed by atoms with E-state index in [1.807, 2.05) is 50.2 Å². The minimum atomic E-state index is -0.304. The molecule has 41 heavy (non-hydrogen) atoms. The van der Waals surface area contributed by atoms with E-state index in [0.29, 0.717) is 23.5 Å². The number of hydrogen-bond donors (Lipinski definition) is 2. The number of morpholine rings is 1. The fourth-order valence-electron chi connectivity index (χ4n) is 5.47. The highest BCUT2D eigenvalue weighted by Crippen LogP contribution is 2.30. The van der Waals surface area contributed by atoms with Crippen molar-refractivity contribution < 1.29 is 14.3 Å². The van der Waals surface area contributed by atoms with Gasteiger partial charge in [0.25, 0.3) is 0 Å². The number of likely N-dealkylation sites (N-methyl/N-ethyl adjacent to an activating group) is 1. The second-order valence-corrected chi connectivity index (χ2v) is 11.3. The van der Waals surface area contributed by atoms with Gasteiger partial charge in [-0.2, -0.15) is 15.0 Å². The molecule has 2 unspecified atom stereocenters. The van der Waals surface area contributed by atoms with Crippen LogP contribution < -0.4 is 25.2 Å². The first kappa shape index (κ1) is 27.2. The van der Waals surface area contributed by atoms with Crippen LogP contribution in [0.2, 0.25) is 0 Å². The molecule has 216 valence electrons. The van der Waals surface area contributed by atoms with Crippen LogP contribution >= 0.6 is 0 Å². The van der Waals surface area contributed by atoms with E-state index >= 15 is 0 Å². The summed E-state index contributed by atoms with van der Waals surface area (Å²) < 4.78 is 11.9. The molecule has 2 N–H and O–H groups in total. The highest BCUT2D eigenvalue weighted by atomic mass is 16.5. The first-order chi connectivity index (χ1) is 19.9. The number of benzene rings is 2. The number of carbonyl (C=O) groups excluding carboxylic acids is 1. The van der Waals surface area contributed by atoms with Crippen LogP contribution in [0.5, 0.6) is 6.01 Å². The van der Waals surface area contributed by atoms with Crippen molar-refractivity contribution in [3.8, 4) is 17.4 Å². The minimum absolute atomic E-state index is 0.0629. The van der Waals surface area contributed by atoms with Gasteiger partial charge in [0.2, 0.25) is 5.95 Å². The Hall–Kier alpha value is -3.96. The van der Waals surface area contributed by atoms with E-state index in [1.54, 1.807) is 0 Å². The molecule has 3 aromatic rings. The van der Waals surface area contributed by atoms with Gasteiger partial charge in [-0.05, 0) is 82.3 Å². The van der Waals surface area contributed by atoms with Crippen LogP contribution in [0, 0.1) is 0 Å². The second-order valence-electron chi connectivity index (χ2n) is 11.3. The van der Waals surface area contributed by atoms with Crippen LogP contribution in [0.25, 0.3) is 11.4 Å². The molecule has 6 rings (SSSR count). The molecular formula is C30H38N8O3. The monoisotopic (exact) mass is 558 g/mol. The summed E-state index contributed by atoms with van der Waals surface area (Å²) in [6.45, 7) is 9.54. The summed E-state index contributed by atoms with van der Waals surface area (Å²) in [5.74, 6) is 1.13. The van der Waals surface area contributed by atoms with Crippen molar-refractivity contribution >= 4 is 29.0 Å². The number of fused-ring (bicyclic) bond motifs is 2. The standard InChI is InChI=1S/C30H38N8O3/c1-20(2)40-30-34-27(33-28(35-30)38-18-25-12-13-26(19-38)41-25)21-4-6-22(7-5-21)31-29(39)32-23-8-10-24(11-9-23)37-16-14-36(3)15-17-37/h4-11,20,25-26H,12-19H2,1-3H3,(H2,31,32,39). The van der Waals surface area contributed by atoms with Crippen molar-refractivity contribution in [2.75, 3.05) is 66.7 Å². The third-order valence-corrected chi connectivity index (χ3v) is 7.67. The van der Waals surface area contributed by atoms with Crippen LogP contribution in [-0.2, 0) is 4.74 Å². The first-order valence-electron chi connectivity index (χ1n) is 14.4. The van der Waals surface area contributed by atoms with E-state index < -0.39 is 0 Å². The lowest BCUT2D eigenvalue weighted by Gasteiger charge is -2.34. The molecule has 0 radical (unpaired) electrons. The lowest BCUT2D eigenvalue weighted by Crippen LogP contribution is -2.44. The fraction of sp³-hybridized carbons (Fsp3) is 0.467. The third kappa shape index (κ3) is 6.68. The van der Waals surface area contributed by atoms with Gasteiger partial charge in [0, 0.05) is 61.9 Å². The zero-order valence-electron chi connectivity index (χ0n) is 23.9. The average molecular weight is 559 g/mol. The van der Waals surface area contributed by atoms with Crippen molar-refractivity contribution in [1.82, 2.24) is 19.9 Å². The van der Waals surface area contributed by atoms with Crippen molar-refractivity contribution in [1.29, 1.82) is 0 Å². The predicted molar refractivity (Wildman–Crippen MR) is 160 cm³/mol. The van der Waals surface area contributed by atoms with Gasteiger partial charge in [0.15, 0.2) is 5.82 Å². The van der Waals surface area contributed by atoms with E-state index in [0.717, 1.165) is 63.4 Å².